The molecule has 1 saturated carbocycles. The molecule has 5 heteroatoms. The third-order valence-electron chi connectivity index (χ3n) is 4.19. The second-order valence-electron chi connectivity index (χ2n) is 5.52. The summed E-state index contributed by atoms with van der Waals surface area (Å²) in [5, 5.41) is 2.84. The molecule has 1 aliphatic carbocycles. The largest absolute Gasteiger partial charge is 0.378 e. The molecule has 112 valence electrons. The molecule has 2 fully saturated rings. The maximum atomic E-state index is 12.4. The first-order valence-corrected chi connectivity index (χ1v) is 7.47. The monoisotopic (exact) mass is 280 g/mol. The number of rotatable bonds is 4. The van der Waals surface area contributed by atoms with Gasteiger partial charge in [-0.15, -0.1) is 6.58 Å². The van der Waals surface area contributed by atoms with E-state index in [2.05, 4.69) is 11.9 Å². The van der Waals surface area contributed by atoms with E-state index in [9.17, 15) is 9.59 Å². The predicted octanol–water partition coefficient (Wildman–Crippen LogP) is 0.954. The molecule has 2 aliphatic rings. The molecule has 0 aromatic carbocycles. The number of nitrogens with one attached hydrogen (secondary N) is 1. The molecule has 1 N–H and O–H groups in total. The molecular weight excluding hydrogens is 256 g/mol. The molecule has 1 saturated heterocycles. The first-order chi connectivity index (χ1) is 9.72. The van der Waals surface area contributed by atoms with Crippen molar-refractivity contribution < 1.29 is 14.3 Å². The average molecular weight is 280 g/mol. The molecule has 0 radical (unpaired) electrons. The molecule has 0 bridgehead atoms. The average Bonchev–Trinajstić information content (AvgIpc) is 2.53. The first-order valence-electron chi connectivity index (χ1n) is 7.47. The van der Waals surface area contributed by atoms with Gasteiger partial charge in [-0.25, -0.2) is 0 Å². The molecule has 5 nitrogen and oxygen atoms in total. The van der Waals surface area contributed by atoms with E-state index >= 15 is 0 Å². The number of nitrogens with zero attached hydrogens (tertiary/aromatic N) is 1. The van der Waals surface area contributed by atoms with Gasteiger partial charge in [-0.2, -0.15) is 0 Å². The third-order valence-corrected chi connectivity index (χ3v) is 4.19. The Morgan fingerprint density at radius 1 is 1.15 bits per heavy atom. The van der Waals surface area contributed by atoms with E-state index in [1.54, 1.807) is 6.08 Å². The highest BCUT2D eigenvalue weighted by Gasteiger charge is 2.32. The lowest BCUT2D eigenvalue weighted by molar-refractivity contribution is -0.142. The van der Waals surface area contributed by atoms with Gasteiger partial charge in [-0.05, 0) is 25.7 Å². The minimum atomic E-state index is 0.0590. The van der Waals surface area contributed by atoms with E-state index in [0.29, 0.717) is 32.8 Å². The zero-order valence-corrected chi connectivity index (χ0v) is 12.0. The fourth-order valence-electron chi connectivity index (χ4n) is 2.96. The lowest BCUT2D eigenvalue weighted by atomic mass is 9.81. The van der Waals surface area contributed by atoms with Crippen molar-refractivity contribution in [3.05, 3.63) is 12.7 Å². The smallest absolute Gasteiger partial charge is 0.225 e. The van der Waals surface area contributed by atoms with E-state index in [4.69, 9.17) is 4.74 Å². The SMILES string of the molecule is C=CCNC(=O)C1CCC(C(=O)N2CCOCC2)CC1. The summed E-state index contributed by atoms with van der Waals surface area (Å²) in [7, 11) is 0. The second kappa shape index (κ2) is 7.43. The van der Waals surface area contributed by atoms with Crippen LogP contribution in [0.2, 0.25) is 0 Å². The second-order valence-corrected chi connectivity index (χ2v) is 5.52. The Labute approximate surface area is 120 Å². The van der Waals surface area contributed by atoms with Crippen LogP contribution in [0.15, 0.2) is 12.7 Å². The third kappa shape index (κ3) is 3.82. The highest BCUT2D eigenvalue weighted by atomic mass is 16.5. The van der Waals surface area contributed by atoms with Crippen LogP contribution in [0.3, 0.4) is 0 Å². The lowest BCUT2D eigenvalue weighted by Crippen LogP contribution is -2.45. The van der Waals surface area contributed by atoms with E-state index in [-0.39, 0.29) is 23.7 Å². The summed E-state index contributed by atoms with van der Waals surface area (Å²) in [5.74, 6) is 0.501. The number of ether oxygens (including phenoxy) is 1. The summed E-state index contributed by atoms with van der Waals surface area (Å²) in [4.78, 5) is 26.1. The summed E-state index contributed by atoms with van der Waals surface area (Å²) in [6.07, 6.45) is 4.95. The highest BCUT2D eigenvalue weighted by Crippen LogP contribution is 2.30. The molecule has 2 amide bonds. The Hall–Kier alpha value is -1.36. The summed E-state index contributed by atoms with van der Waals surface area (Å²) < 4.78 is 5.27. The molecule has 0 atom stereocenters. The van der Waals surface area contributed by atoms with Crippen molar-refractivity contribution in [2.45, 2.75) is 25.7 Å². The van der Waals surface area contributed by atoms with Crippen LogP contribution in [-0.4, -0.2) is 49.6 Å². The van der Waals surface area contributed by atoms with Gasteiger partial charge >= 0.3 is 0 Å². The zero-order chi connectivity index (χ0) is 14.4. The van der Waals surface area contributed by atoms with Crippen molar-refractivity contribution in [3.63, 3.8) is 0 Å². The van der Waals surface area contributed by atoms with Crippen molar-refractivity contribution in [1.29, 1.82) is 0 Å². The topological polar surface area (TPSA) is 58.6 Å². The van der Waals surface area contributed by atoms with Gasteiger partial charge in [0.15, 0.2) is 0 Å². The minimum absolute atomic E-state index is 0.0590. The van der Waals surface area contributed by atoms with Gasteiger partial charge < -0.3 is 15.0 Å². The summed E-state index contributed by atoms with van der Waals surface area (Å²) in [5.41, 5.74) is 0. The van der Waals surface area contributed by atoms with Gasteiger partial charge in [-0.1, -0.05) is 6.08 Å². The van der Waals surface area contributed by atoms with Crippen molar-refractivity contribution >= 4 is 11.8 Å². The van der Waals surface area contributed by atoms with E-state index in [1.165, 1.54) is 0 Å². The van der Waals surface area contributed by atoms with Gasteiger partial charge in [-0.3, -0.25) is 9.59 Å². The Morgan fingerprint density at radius 3 is 2.35 bits per heavy atom. The van der Waals surface area contributed by atoms with Crippen molar-refractivity contribution in [3.8, 4) is 0 Å². The number of hydrogen-bond donors (Lipinski definition) is 1. The Balaban J connectivity index is 1.77. The molecule has 1 aliphatic heterocycles. The van der Waals surface area contributed by atoms with Crippen LogP contribution in [-0.2, 0) is 14.3 Å². The highest BCUT2D eigenvalue weighted by molar-refractivity contribution is 5.81. The number of carbonyl (C=O) groups is 2. The zero-order valence-electron chi connectivity index (χ0n) is 12.0. The Morgan fingerprint density at radius 2 is 1.75 bits per heavy atom. The number of carbonyl (C=O) groups excluding carboxylic acids is 2. The minimum Gasteiger partial charge on any atom is -0.378 e. The van der Waals surface area contributed by atoms with Gasteiger partial charge in [0.1, 0.15) is 0 Å². The maximum Gasteiger partial charge on any atom is 0.225 e. The van der Waals surface area contributed by atoms with Crippen molar-refractivity contribution in [2.24, 2.45) is 11.8 Å². The maximum absolute atomic E-state index is 12.4. The fraction of sp³-hybridized carbons (Fsp3) is 0.733. The molecule has 1 heterocycles. The number of hydrogen-bond acceptors (Lipinski definition) is 3. The van der Waals surface area contributed by atoms with E-state index in [1.807, 2.05) is 4.90 Å². The fourth-order valence-corrected chi connectivity index (χ4v) is 2.96. The number of amides is 2. The molecule has 0 spiro atoms. The summed E-state index contributed by atoms with van der Waals surface area (Å²) in [6, 6.07) is 0. The molecule has 0 aromatic heterocycles. The molecular formula is C15H24N2O3. The van der Waals surface area contributed by atoms with Gasteiger partial charge in [0.25, 0.3) is 0 Å². The van der Waals surface area contributed by atoms with Gasteiger partial charge in [0.2, 0.25) is 11.8 Å². The number of morpholine rings is 1. The molecule has 0 unspecified atom stereocenters. The molecule has 0 aromatic rings. The Kier molecular flexibility index (Phi) is 5.59. The summed E-state index contributed by atoms with van der Waals surface area (Å²) >= 11 is 0. The van der Waals surface area contributed by atoms with Crippen molar-refractivity contribution in [1.82, 2.24) is 10.2 Å². The van der Waals surface area contributed by atoms with Gasteiger partial charge in [0.05, 0.1) is 13.2 Å². The Bertz CT molecular complexity index is 356. The van der Waals surface area contributed by atoms with Crippen LogP contribution in [0.4, 0.5) is 0 Å². The van der Waals surface area contributed by atoms with Gasteiger partial charge in [0, 0.05) is 31.5 Å². The normalized spacial score (nSPS) is 26.9. The van der Waals surface area contributed by atoms with Crippen LogP contribution in [0.5, 0.6) is 0 Å². The summed E-state index contributed by atoms with van der Waals surface area (Å²) in [6.45, 7) is 6.81. The molecule has 20 heavy (non-hydrogen) atoms. The van der Waals surface area contributed by atoms with Crippen LogP contribution in [0, 0.1) is 11.8 Å². The van der Waals surface area contributed by atoms with Crippen molar-refractivity contribution in [2.75, 3.05) is 32.8 Å². The predicted molar refractivity (Wildman–Crippen MR) is 76.1 cm³/mol. The molecule has 2 rings (SSSR count). The van der Waals surface area contributed by atoms with Crippen LogP contribution in [0.1, 0.15) is 25.7 Å². The lowest BCUT2D eigenvalue weighted by Gasteiger charge is -2.33. The standard InChI is InChI=1S/C15H24N2O3/c1-2-7-16-14(18)12-3-5-13(6-4-12)15(19)17-8-10-20-11-9-17/h2,12-13H,1,3-11H2,(H,16,18). The van der Waals surface area contributed by atoms with Crippen LogP contribution in [0.25, 0.3) is 0 Å². The quantitative estimate of drug-likeness (QED) is 0.780. The van der Waals surface area contributed by atoms with Crippen LogP contribution >= 0.6 is 0 Å². The first kappa shape index (κ1) is 15.0. The van der Waals surface area contributed by atoms with E-state index in [0.717, 1.165) is 25.7 Å². The van der Waals surface area contributed by atoms with Crippen LogP contribution < -0.4 is 5.32 Å². The van der Waals surface area contributed by atoms with E-state index < -0.39 is 0 Å².